The molecule has 2 aromatic rings. The van der Waals surface area contributed by atoms with Gasteiger partial charge in [0, 0.05) is 18.5 Å². The molecule has 2 N–H and O–H groups in total. The highest BCUT2D eigenvalue weighted by molar-refractivity contribution is 5.83. The number of carbonyl (C=O) groups is 2. The Balaban J connectivity index is 1.61. The summed E-state index contributed by atoms with van der Waals surface area (Å²) in [5.74, 6) is -0.211. The average Bonchev–Trinajstić information content (AvgIpc) is 2.99. The lowest BCUT2D eigenvalue weighted by Crippen LogP contribution is -2.45. The first-order valence-electron chi connectivity index (χ1n) is 9.21. The zero-order chi connectivity index (χ0) is 20.4. The maximum Gasteiger partial charge on any atom is 0.315 e. The van der Waals surface area contributed by atoms with Gasteiger partial charge in [-0.15, -0.1) is 0 Å². The molecule has 0 spiro atoms. The third-order valence-electron chi connectivity index (χ3n) is 4.94. The molecule has 0 saturated carbocycles. The molecule has 28 heavy (non-hydrogen) atoms. The molecule has 148 valence electrons. The second-order valence-electron chi connectivity index (χ2n) is 7.85. The molecule has 0 aromatic heterocycles. The molecule has 1 atom stereocenters. The van der Waals surface area contributed by atoms with Crippen molar-refractivity contribution in [3.8, 4) is 11.5 Å². The molecule has 6 nitrogen and oxygen atoms in total. The van der Waals surface area contributed by atoms with Gasteiger partial charge in [0.2, 0.25) is 0 Å². The van der Waals surface area contributed by atoms with Crippen molar-refractivity contribution in [2.24, 2.45) is 0 Å². The van der Waals surface area contributed by atoms with Crippen molar-refractivity contribution < 1.29 is 24.2 Å². The molecule has 1 heterocycles. The van der Waals surface area contributed by atoms with Crippen molar-refractivity contribution in [2.75, 3.05) is 13.2 Å². The molecular formula is C22H25NO5. The van der Waals surface area contributed by atoms with E-state index in [4.69, 9.17) is 9.47 Å². The van der Waals surface area contributed by atoms with E-state index in [1.807, 2.05) is 32.0 Å². The Hall–Kier alpha value is -3.02. The monoisotopic (exact) mass is 383 g/mol. The zero-order valence-electron chi connectivity index (χ0n) is 16.3. The summed E-state index contributed by atoms with van der Waals surface area (Å²) in [6.07, 6.45) is 0.778. The van der Waals surface area contributed by atoms with Gasteiger partial charge in [-0.05, 0) is 32.4 Å². The molecule has 1 unspecified atom stereocenters. The van der Waals surface area contributed by atoms with Crippen LogP contribution in [0, 0.1) is 0 Å². The third kappa shape index (κ3) is 4.11. The first-order valence-corrected chi connectivity index (χ1v) is 9.21. The van der Waals surface area contributed by atoms with Gasteiger partial charge in [0.15, 0.2) is 18.1 Å². The fourth-order valence-corrected chi connectivity index (χ4v) is 3.28. The van der Waals surface area contributed by atoms with E-state index in [0.29, 0.717) is 17.1 Å². The Labute approximate surface area is 164 Å². The van der Waals surface area contributed by atoms with E-state index in [9.17, 15) is 14.7 Å². The Bertz CT molecular complexity index is 878. The first kappa shape index (κ1) is 19.7. The lowest BCUT2D eigenvalue weighted by Gasteiger charge is -2.25. The zero-order valence-corrected chi connectivity index (χ0v) is 16.3. The van der Waals surface area contributed by atoms with E-state index < -0.39 is 17.3 Å². The Morgan fingerprint density at radius 3 is 2.57 bits per heavy atom. The highest BCUT2D eigenvalue weighted by atomic mass is 16.5. The highest BCUT2D eigenvalue weighted by Gasteiger charge is 2.36. The fourth-order valence-electron chi connectivity index (χ4n) is 3.28. The molecule has 1 aliphatic heterocycles. The third-order valence-corrected chi connectivity index (χ3v) is 4.94. The van der Waals surface area contributed by atoms with Crippen LogP contribution in [0.15, 0.2) is 48.5 Å². The minimum absolute atomic E-state index is 0.0367. The van der Waals surface area contributed by atoms with E-state index in [2.05, 4.69) is 5.32 Å². The molecule has 6 heteroatoms. The van der Waals surface area contributed by atoms with Crippen LogP contribution in [0.4, 0.5) is 0 Å². The minimum Gasteiger partial charge on any atom is -0.483 e. The lowest BCUT2D eigenvalue weighted by atomic mass is 9.82. The van der Waals surface area contributed by atoms with Crippen LogP contribution in [0.25, 0.3) is 0 Å². The summed E-state index contributed by atoms with van der Waals surface area (Å²) in [7, 11) is 0. The molecule has 2 aromatic carbocycles. The van der Waals surface area contributed by atoms with Gasteiger partial charge < -0.3 is 19.9 Å². The predicted molar refractivity (Wildman–Crippen MR) is 105 cm³/mol. The van der Waals surface area contributed by atoms with E-state index >= 15 is 0 Å². The number of benzene rings is 2. The number of rotatable bonds is 7. The Kier molecular flexibility index (Phi) is 5.31. The molecule has 1 aliphatic rings. The number of aliphatic carboxylic acids is 1. The predicted octanol–water partition coefficient (Wildman–Crippen LogP) is 2.94. The number of amides is 1. The summed E-state index contributed by atoms with van der Waals surface area (Å²) in [5.41, 5.74) is 0.145. The maximum absolute atomic E-state index is 12.3. The summed E-state index contributed by atoms with van der Waals surface area (Å²) >= 11 is 0. The van der Waals surface area contributed by atoms with E-state index in [-0.39, 0.29) is 18.8 Å². The van der Waals surface area contributed by atoms with Gasteiger partial charge in [0.1, 0.15) is 11.0 Å². The van der Waals surface area contributed by atoms with Crippen molar-refractivity contribution in [2.45, 2.75) is 38.2 Å². The largest absolute Gasteiger partial charge is 0.483 e. The van der Waals surface area contributed by atoms with Gasteiger partial charge in [-0.3, -0.25) is 9.59 Å². The van der Waals surface area contributed by atoms with Gasteiger partial charge in [-0.25, -0.2) is 0 Å². The Morgan fingerprint density at radius 1 is 1.18 bits per heavy atom. The maximum atomic E-state index is 12.3. The topological polar surface area (TPSA) is 84.9 Å². The van der Waals surface area contributed by atoms with Crippen molar-refractivity contribution in [1.29, 1.82) is 0 Å². The van der Waals surface area contributed by atoms with Gasteiger partial charge in [0.05, 0.1) is 0 Å². The van der Waals surface area contributed by atoms with Crippen molar-refractivity contribution in [1.82, 2.24) is 5.32 Å². The van der Waals surface area contributed by atoms with Crippen LogP contribution in [0.3, 0.4) is 0 Å². The normalized spacial score (nSPS) is 16.4. The molecule has 1 amide bonds. The summed E-state index contributed by atoms with van der Waals surface area (Å²) in [5, 5.41) is 12.3. The summed E-state index contributed by atoms with van der Waals surface area (Å²) < 4.78 is 11.6. The number of ether oxygens (including phenoxy) is 2. The molecular weight excluding hydrogens is 358 g/mol. The second-order valence-corrected chi connectivity index (χ2v) is 7.85. The van der Waals surface area contributed by atoms with Crippen LogP contribution in [0.2, 0.25) is 0 Å². The van der Waals surface area contributed by atoms with Crippen molar-refractivity contribution >= 4 is 11.9 Å². The number of nitrogens with one attached hydrogen (secondary N) is 1. The molecule has 0 aliphatic carbocycles. The van der Waals surface area contributed by atoms with Gasteiger partial charge in [0.25, 0.3) is 5.91 Å². The smallest absolute Gasteiger partial charge is 0.315 e. The van der Waals surface area contributed by atoms with Crippen LogP contribution >= 0.6 is 0 Å². The second kappa shape index (κ2) is 7.54. The summed E-state index contributed by atoms with van der Waals surface area (Å²) in [6, 6.07) is 14.5. The standard InChI is InChI=1S/C22H25NO5/c1-21(2)12-15-8-7-11-17(19(15)28-21)27-13-18(24)23-14-22(3,20(25)26)16-9-5-4-6-10-16/h4-11H,12-14H2,1-3H3,(H,23,24)(H,25,26). The van der Waals surface area contributed by atoms with E-state index in [1.165, 1.54) is 0 Å². The number of carboxylic acid groups (broad SMARTS) is 1. The molecule has 0 radical (unpaired) electrons. The van der Waals surface area contributed by atoms with Crippen LogP contribution in [0.5, 0.6) is 11.5 Å². The number of hydrogen-bond acceptors (Lipinski definition) is 4. The van der Waals surface area contributed by atoms with Crippen LogP contribution < -0.4 is 14.8 Å². The fraction of sp³-hybridized carbons (Fsp3) is 0.364. The number of carboxylic acids is 1. The summed E-state index contributed by atoms with van der Waals surface area (Å²) in [4.78, 5) is 24.1. The lowest BCUT2D eigenvalue weighted by molar-refractivity contribution is -0.143. The van der Waals surface area contributed by atoms with Gasteiger partial charge >= 0.3 is 5.97 Å². The Morgan fingerprint density at radius 2 is 1.89 bits per heavy atom. The van der Waals surface area contributed by atoms with Gasteiger partial charge in [-0.2, -0.15) is 0 Å². The number of fused-ring (bicyclic) bond motifs is 1. The van der Waals surface area contributed by atoms with Crippen molar-refractivity contribution in [3.63, 3.8) is 0 Å². The number of carbonyl (C=O) groups excluding carboxylic acids is 1. The van der Waals surface area contributed by atoms with Crippen LogP contribution in [-0.4, -0.2) is 35.7 Å². The van der Waals surface area contributed by atoms with Crippen LogP contribution in [0.1, 0.15) is 31.9 Å². The summed E-state index contributed by atoms with van der Waals surface area (Å²) in [6.45, 7) is 5.33. The van der Waals surface area contributed by atoms with E-state index in [1.54, 1.807) is 37.3 Å². The van der Waals surface area contributed by atoms with E-state index in [0.717, 1.165) is 12.0 Å². The average molecular weight is 383 g/mol. The minimum atomic E-state index is -1.22. The van der Waals surface area contributed by atoms with Crippen LogP contribution in [-0.2, 0) is 21.4 Å². The molecule has 3 rings (SSSR count). The van der Waals surface area contributed by atoms with Gasteiger partial charge in [-0.1, -0.05) is 42.5 Å². The molecule has 0 bridgehead atoms. The SMILES string of the molecule is CC1(C)Cc2cccc(OCC(=O)NCC(C)(C(=O)O)c3ccccc3)c2O1. The molecule has 0 fully saturated rings. The molecule has 0 saturated heterocycles. The number of hydrogen-bond donors (Lipinski definition) is 2. The number of para-hydroxylation sites is 1. The van der Waals surface area contributed by atoms with Crippen molar-refractivity contribution in [3.05, 3.63) is 59.7 Å². The first-order chi connectivity index (χ1) is 13.2. The highest BCUT2D eigenvalue weighted by Crippen LogP contribution is 2.41. The quantitative estimate of drug-likeness (QED) is 0.768.